The lowest BCUT2D eigenvalue weighted by Gasteiger charge is -2.01. The van der Waals surface area contributed by atoms with Gasteiger partial charge in [0.2, 0.25) is 0 Å². The normalized spacial score (nSPS) is 9.67. The summed E-state index contributed by atoms with van der Waals surface area (Å²) in [5, 5.41) is 10.2. The largest absolute Gasteiger partial charge is 0.465 e. The average molecular weight is 211 g/mol. The molecule has 0 aliphatic carbocycles. The van der Waals surface area contributed by atoms with Crippen molar-refractivity contribution in [2.24, 2.45) is 0 Å². The lowest BCUT2D eigenvalue weighted by molar-refractivity contribution is -0.117. The molecule has 80 valence electrons. The molecule has 0 atom stereocenters. The van der Waals surface area contributed by atoms with Gasteiger partial charge in [0.15, 0.2) is 5.78 Å². The van der Waals surface area contributed by atoms with E-state index in [4.69, 9.17) is 5.11 Å². The monoisotopic (exact) mass is 211 g/mol. The van der Waals surface area contributed by atoms with E-state index < -0.39 is 11.9 Å². The Hall–Kier alpha value is -1.91. The van der Waals surface area contributed by atoms with Gasteiger partial charge in [0.1, 0.15) is 5.82 Å². The Morgan fingerprint density at radius 2 is 2.13 bits per heavy atom. The topological polar surface area (TPSA) is 66.4 Å². The zero-order valence-corrected chi connectivity index (χ0v) is 7.87. The predicted molar refractivity (Wildman–Crippen MR) is 51.1 cm³/mol. The number of hydrogen-bond donors (Lipinski definition) is 2. The fourth-order valence-electron chi connectivity index (χ4n) is 1.11. The Kier molecular flexibility index (Phi) is 3.79. The standard InChI is InChI=1S/C10H10FNO3/c11-8-3-1-2-7(4-8)5-9(13)6-12-10(14)15/h1-4,12H,5-6H2,(H,14,15). The van der Waals surface area contributed by atoms with Crippen LogP contribution >= 0.6 is 0 Å². The Bertz CT molecular complexity index is 379. The molecule has 1 amide bonds. The van der Waals surface area contributed by atoms with E-state index in [1.807, 2.05) is 5.32 Å². The van der Waals surface area contributed by atoms with Gasteiger partial charge in [-0.05, 0) is 17.7 Å². The smallest absolute Gasteiger partial charge is 0.405 e. The fourth-order valence-corrected chi connectivity index (χ4v) is 1.11. The van der Waals surface area contributed by atoms with E-state index in [0.29, 0.717) is 5.56 Å². The maximum atomic E-state index is 12.7. The van der Waals surface area contributed by atoms with E-state index in [-0.39, 0.29) is 18.7 Å². The maximum Gasteiger partial charge on any atom is 0.405 e. The summed E-state index contributed by atoms with van der Waals surface area (Å²) in [6.07, 6.45) is -1.22. The van der Waals surface area contributed by atoms with E-state index in [1.54, 1.807) is 6.07 Å². The lowest BCUT2D eigenvalue weighted by Crippen LogP contribution is -2.28. The molecule has 1 rings (SSSR count). The van der Waals surface area contributed by atoms with Crippen molar-refractivity contribution in [3.8, 4) is 0 Å². The van der Waals surface area contributed by atoms with Gasteiger partial charge in [-0.15, -0.1) is 0 Å². The number of Topliss-reactive ketones (excluding diaryl/α,β-unsaturated/α-hetero) is 1. The van der Waals surface area contributed by atoms with E-state index in [0.717, 1.165) is 0 Å². The van der Waals surface area contributed by atoms with Crippen molar-refractivity contribution >= 4 is 11.9 Å². The first-order chi connectivity index (χ1) is 7.08. The van der Waals surface area contributed by atoms with Gasteiger partial charge in [-0.25, -0.2) is 9.18 Å². The molecule has 0 unspecified atom stereocenters. The van der Waals surface area contributed by atoms with Crippen LogP contribution in [0.4, 0.5) is 9.18 Å². The van der Waals surface area contributed by atoms with Crippen molar-refractivity contribution in [2.75, 3.05) is 6.54 Å². The van der Waals surface area contributed by atoms with Gasteiger partial charge in [0, 0.05) is 6.42 Å². The first-order valence-electron chi connectivity index (χ1n) is 4.31. The number of carboxylic acid groups (broad SMARTS) is 1. The second kappa shape index (κ2) is 5.09. The third-order valence-electron chi connectivity index (χ3n) is 1.73. The number of amides is 1. The Labute approximate surface area is 85.7 Å². The zero-order valence-electron chi connectivity index (χ0n) is 7.87. The molecular weight excluding hydrogens is 201 g/mol. The van der Waals surface area contributed by atoms with Crippen LogP contribution in [0, 0.1) is 5.82 Å². The van der Waals surface area contributed by atoms with E-state index in [9.17, 15) is 14.0 Å². The molecular formula is C10H10FNO3. The quantitative estimate of drug-likeness (QED) is 0.786. The minimum absolute atomic E-state index is 0.0258. The van der Waals surface area contributed by atoms with Crippen LogP contribution in [0.3, 0.4) is 0 Å². The summed E-state index contributed by atoms with van der Waals surface area (Å²) >= 11 is 0. The third kappa shape index (κ3) is 4.21. The van der Waals surface area contributed by atoms with E-state index >= 15 is 0 Å². The first kappa shape index (κ1) is 11.2. The SMILES string of the molecule is O=C(CNC(=O)O)Cc1cccc(F)c1. The lowest BCUT2D eigenvalue weighted by atomic mass is 10.1. The number of carbonyl (C=O) groups is 2. The number of hydrogen-bond acceptors (Lipinski definition) is 2. The minimum atomic E-state index is -1.25. The van der Waals surface area contributed by atoms with Crippen molar-refractivity contribution in [3.63, 3.8) is 0 Å². The van der Waals surface area contributed by atoms with Crippen LogP contribution in [-0.4, -0.2) is 23.5 Å². The highest BCUT2D eigenvalue weighted by Gasteiger charge is 2.05. The molecule has 0 spiro atoms. The summed E-state index contributed by atoms with van der Waals surface area (Å²) in [6, 6.07) is 5.65. The molecule has 0 saturated heterocycles. The molecule has 0 aliphatic heterocycles. The number of halogens is 1. The molecule has 4 nitrogen and oxygen atoms in total. The third-order valence-corrected chi connectivity index (χ3v) is 1.73. The molecule has 5 heteroatoms. The van der Waals surface area contributed by atoms with Gasteiger partial charge < -0.3 is 10.4 Å². The van der Waals surface area contributed by atoms with Crippen molar-refractivity contribution in [1.29, 1.82) is 0 Å². The van der Waals surface area contributed by atoms with Gasteiger partial charge in [-0.3, -0.25) is 4.79 Å². The Balaban J connectivity index is 2.48. The zero-order chi connectivity index (χ0) is 11.3. The van der Waals surface area contributed by atoms with E-state index in [1.165, 1.54) is 18.2 Å². The number of benzene rings is 1. The van der Waals surface area contributed by atoms with Gasteiger partial charge in [-0.1, -0.05) is 12.1 Å². The minimum Gasteiger partial charge on any atom is -0.465 e. The molecule has 2 N–H and O–H groups in total. The van der Waals surface area contributed by atoms with Gasteiger partial charge >= 0.3 is 6.09 Å². The summed E-state index contributed by atoms with van der Waals surface area (Å²) in [4.78, 5) is 21.3. The second-order valence-corrected chi connectivity index (χ2v) is 3.00. The summed E-state index contributed by atoms with van der Waals surface area (Å²) in [7, 11) is 0. The average Bonchev–Trinajstić information content (AvgIpc) is 2.15. The van der Waals surface area contributed by atoms with Gasteiger partial charge in [-0.2, -0.15) is 0 Å². The molecule has 1 aromatic carbocycles. The van der Waals surface area contributed by atoms with Crippen LogP contribution < -0.4 is 5.32 Å². The van der Waals surface area contributed by atoms with Crippen LogP contribution in [-0.2, 0) is 11.2 Å². The highest BCUT2D eigenvalue weighted by molar-refractivity contribution is 5.85. The Morgan fingerprint density at radius 1 is 1.40 bits per heavy atom. The van der Waals surface area contributed by atoms with Crippen LogP contribution in [0.1, 0.15) is 5.56 Å². The van der Waals surface area contributed by atoms with Crippen LogP contribution in [0.2, 0.25) is 0 Å². The first-order valence-corrected chi connectivity index (χ1v) is 4.31. The van der Waals surface area contributed by atoms with Crippen LogP contribution in [0.15, 0.2) is 24.3 Å². The summed E-state index contributed by atoms with van der Waals surface area (Å²) in [5.41, 5.74) is 0.534. The highest BCUT2D eigenvalue weighted by Crippen LogP contribution is 2.04. The predicted octanol–water partition coefficient (Wildman–Crippen LogP) is 1.20. The highest BCUT2D eigenvalue weighted by atomic mass is 19.1. The number of nitrogens with one attached hydrogen (secondary N) is 1. The van der Waals surface area contributed by atoms with E-state index in [2.05, 4.69) is 0 Å². The van der Waals surface area contributed by atoms with Crippen molar-refractivity contribution < 1.29 is 19.1 Å². The van der Waals surface area contributed by atoms with Gasteiger partial charge in [0.05, 0.1) is 6.54 Å². The summed E-state index contributed by atoms with van der Waals surface area (Å²) in [6.45, 7) is -0.258. The maximum absolute atomic E-state index is 12.7. The second-order valence-electron chi connectivity index (χ2n) is 3.00. The molecule has 0 aromatic heterocycles. The molecule has 0 radical (unpaired) electrons. The molecule has 0 bridgehead atoms. The number of rotatable bonds is 4. The van der Waals surface area contributed by atoms with Crippen molar-refractivity contribution in [3.05, 3.63) is 35.6 Å². The number of ketones is 1. The van der Waals surface area contributed by atoms with Gasteiger partial charge in [0.25, 0.3) is 0 Å². The molecule has 0 fully saturated rings. The van der Waals surface area contributed by atoms with Crippen LogP contribution in [0.5, 0.6) is 0 Å². The molecule has 0 saturated carbocycles. The van der Waals surface area contributed by atoms with Crippen LogP contribution in [0.25, 0.3) is 0 Å². The molecule has 1 aromatic rings. The Morgan fingerprint density at radius 3 is 2.73 bits per heavy atom. The molecule has 15 heavy (non-hydrogen) atoms. The number of carbonyl (C=O) groups excluding carboxylic acids is 1. The fraction of sp³-hybridized carbons (Fsp3) is 0.200. The van der Waals surface area contributed by atoms with Crippen molar-refractivity contribution in [2.45, 2.75) is 6.42 Å². The summed E-state index contributed by atoms with van der Waals surface area (Å²) < 4.78 is 12.7. The summed E-state index contributed by atoms with van der Waals surface area (Å²) in [5.74, 6) is -0.713. The molecule has 0 aliphatic rings. The molecule has 0 heterocycles. The van der Waals surface area contributed by atoms with Crippen molar-refractivity contribution in [1.82, 2.24) is 5.32 Å².